The maximum Gasteiger partial charge on any atom is 0.307 e. The highest BCUT2D eigenvalue weighted by Crippen LogP contribution is 2.34. The Balaban J connectivity index is 2.89. The second kappa shape index (κ2) is 5.55. The number of hydrogen-bond donors (Lipinski definition) is 1. The summed E-state index contributed by atoms with van der Waals surface area (Å²) >= 11 is 0. The van der Waals surface area contributed by atoms with Gasteiger partial charge in [-0.05, 0) is 33.6 Å². The number of carboxylic acid groups (broad SMARTS) is 1. The molecule has 1 fully saturated rings. The van der Waals surface area contributed by atoms with Gasteiger partial charge in [-0.3, -0.25) is 9.59 Å². The first-order valence-corrected chi connectivity index (χ1v) is 6.44. The Bertz CT molecular complexity index is 343. The largest absolute Gasteiger partial charge is 0.481 e. The second-order valence-electron chi connectivity index (χ2n) is 5.89. The number of amides is 1. The van der Waals surface area contributed by atoms with Gasteiger partial charge in [-0.1, -0.05) is 12.5 Å². The molecule has 0 aromatic carbocycles. The Morgan fingerprint density at radius 2 is 1.89 bits per heavy atom. The molecule has 18 heavy (non-hydrogen) atoms. The lowest BCUT2D eigenvalue weighted by atomic mass is 9.92. The fourth-order valence-electron chi connectivity index (χ4n) is 2.57. The molecule has 1 saturated carbocycles. The smallest absolute Gasteiger partial charge is 0.307 e. The first-order chi connectivity index (χ1) is 8.29. The minimum Gasteiger partial charge on any atom is -0.481 e. The van der Waals surface area contributed by atoms with Crippen LogP contribution in [0.2, 0.25) is 0 Å². The minimum atomic E-state index is -0.849. The predicted octanol–water partition coefficient (Wildman–Crippen LogP) is 2.30. The van der Waals surface area contributed by atoms with Crippen molar-refractivity contribution in [1.82, 2.24) is 4.90 Å². The molecule has 1 amide bonds. The third kappa shape index (κ3) is 3.12. The van der Waals surface area contributed by atoms with E-state index in [0.29, 0.717) is 19.4 Å². The molecule has 1 rings (SSSR count). The first kappa shape index (κ1) is 14.7. The lowest BCUT2D eigenvalue weighted by molar-refractivity contribution is -0.151. The highest BCUT2D eigenvalue weighted by molar-refractivity contribution is 5.85. The summed E-state index contributed by atoms with van der Waals surface area (Å²) in [6.45, 7) is 10.0. The molecule has 4 nitrogen and oxygen atoms in total. The molecule has 0 saturated heterocycles. The Kier molecular flexibility index (Phi) is 4.54. The number of carboxylic acids is 1. The number of carbonyl (C=O) groups excluding carboxylic acids is 1. The molecule has 4 heteroatoms. The standard InChI is InChI=1S/C14H23NO3/c1-5-9-15(14(2,3)4)12(16)10-7-6-8-11(10)13(17)18/h5,10-11H,1,6-9H2,2-4H3,(H,17,18)/t10-,11+/m1/s1. The number of aliphatic carboxylic acids is 1. The van der Waals surface area contributed by atoms with Crippen LogP contribution in [0.5, 0.6) is 0 Å². The van der Waals surface area contributed by atoms with E-state index in [0.717, 1.165) is 6.42 Å². The van der Waals surface area contributed by atoms with Gasteiger partial charge in [0, 0.05) is 12.1 Å². The lowest BCUT2D eigenvalue weighted by Gasteiger charge is -2.37. The number of rotatable bonds is 4. The van der Waals surface area contributed by atoms with E-state index in [1.54, 1.807) is 11.0 Å². The van der Waals surface area contributed by atoms with E-state index >= 15 is 0 Å². The third-order valence-electron chi connectivity index (χ3n) is 3.54. The molecule has 0 aromatic rings. The summed E-state index contributed by atoms with van der Waals surface area (Å²) < 4.78 is 0. The van der Waals surface area contributed by atoms with Crippen LogP contribution in [0.15, 0.2) is 12.7 Å². The van der Waals surface area contributed by atoms with Gasteiger partial charge in [0.05, 0.1) is 11.8 Å². The molecule has 1 aliphatic carbocycles. The normalized spacial score (nSPS) is 23.7. The Labute approximate surface area is 109 Å². The van der Waals surface area contributed by atoms with E-state index in [4.69, 9.17) is 5.11 Å². The fraction of sp³-hybridized carbons (Fsp3) is 0.714. The van der Waals surface area contributed by atoms with Crippen molar-refractivity contribution in [3.63, 3.8) is 0 Å². The van der Waals surface area contributed by atoms with E-state index in [2.05, 4.69) is 6.58 Å². The van der Waals surface area contributed by atoms with Gasteiger partial charge >= 0.3 is 5.97 Å². The molecule has 1 N–H and O–H groups in total. The van der Waals surface area contributed by atoms with E-state index in [1.165, 1.54) is 0 Å². The summed E-state index contributed by atoms with van der Waals surface area (Å²) in [6, 6.07) is 0. The molecule has 102 valence electrons. The number of nitrogens with zero attached hydrogens (tertiary/aromatic N) is 1. The first-order valence-electron chi connectivity index (χ1n) is 6.44. The van der Waals surface area contributed by atoms with Crippen molar-refractivity contribution >= 4 is 11.9 Å². The van der Waals surface area contributed by atoms with Crippen molar-refractivity contribution in [3.05, 3.63) is 12.7 Å². The summed E-state index contributed by atoms with van der Waals surface area (Å²) in [4.78, 5) is 25.4. The predicted molar refractivity (Wildman–Crippen MR) is 70.1 cm³/mol. The van der Waals surface area contributed by atoms with Crippen LogP contribution >= 0.6 is 0 Å². The SMILES string of the molecule is C=CCN(C(=O)[C@@H]1CCC[C@@H]1C(=O)O)C(C)(C)C. The molecule has 2 atom stereocenters. The van der Waals surface area contributed by atoms with E-state index in [-0.39, 0.29) is 17.4 Å². The summed E-state index contributed by atoms with van der Waals surface area (Å²) in [5.41, 5.74) is -0.309. The van der Waals surface area contributed by atoms with Crippen LogP contribution in [0, 0.1) is 11.8 Å². The van der Waals surface area contributed by atoms with Crippen LogP contribution < -0.4 is 0 Å². The van der Waals surface area contributed by atoms with Crippen LogP contribution in [0.1, 0.15) is 40.0 Å². The van der Waals surface area contributed by atoms with Crippen molar-refractivity contribution in [3.8, 4) is 0 Å². The zero-order valence-corrected chi connectivity index (χ0v) is 11.5. The summed E-state index contributed by atoms with van der Waals surface area (Å²) in [5.74, 6) is -1.79. The van der Waals surface area contributed by atoms with Crippen molar-refractivity contribution < 1.29 is 14.7 Å². The molecule has 0 radical (unpaired) electrons. The van der Waals surface area contributed by atoms with Gasteiger partial charge in [0.2, 0.25) is 5.91 Å². The monoisotopic (exact) mass is 253 g/mol. The number of hydrogen-bond acceptors (Lipinski definition) is 2. The van der Waals surface area contributed by atoms with Gasteiger partial charge in [0.15, 0.2) is 0 Å². The molecule has 0 spiro atoms. The highest BCUT2D eigenvalue weighted by atomic mass is 16.4. The average Bonchev–Trinajstić information content (AvgIpc) is 2.72. The molecule has 0 bridgehead atoms. The number of carbonyl (C=O) groups is 2. The van der Waals surface area contributed by atoms with Gasteiger partial charge < -0.3 is 10.0 Å². The lowest BCUT2D eigenvalue weighted by Crippen LogP contribution is -2.49. The van der Waals surface area contributed by atoms with Gasteiger partial charge in [0.1, 0.15) is 0 Å². The highest BCUT2D eigenvalue weighted by Gasteiger charge is 2.41. The zero-order chi connectivity index (χ0) is 13.9. The van der Waals surface area contributed by atoms with Crippen LogP contribution in [-0.2, 0) is 9.59 Å². The molecule has 0 aliphatic heterocycles. The summed E-state index contributed by atoms with van der Waals surface area (Å²) in [6.07, 6.45) is 3.80. The third-order valence-corrected chi connectivity index (χ3v) is 3.54. The topological polar surface area (TPSA) is 57.6 Å². The van der Waals surface area contributed by atoms with E-state index in [9.17, 15) is 9.59 Å². The van der Waals surface area contributed by atoms with Crippen molar-refractivity contribution in [2.75, 3.05) is 6.54 Å². The van der Waals surface area contributed by atoms with Gasteiger partial charge in [-0.2, -0.15) is 0 Å². The van der Waals surface area contributed by atoms with Gasteiger partial charge in [-0.25, -0.2) is 0 Å². The van der Waals surface area contributed by atoms with Crippen LogP contribution in [0.25, 0.3) is 0 Å². The summed E-state index contributed by atoms with van der Waals surface area (Å²) in [5, 5.41) is 9.16. The minimum absolute atomic E-state index is 0.0488. The van der Waals surface area contributed by atoms with E-state index < -0.39 is 11.9 Å². The molecular weight excluding hydrogens is 230 g/mol. The van der Waals surface area contributed by atoms with Crippen LogP contribution in [0.3, 0.4) is 0 Å². The molecule has 1 aliphatic rings. The van der Waals surface area contributed by atoms with Crippen molar-refractivity contribution in [1.29, 1.82) is 0 Å². The van der Waals surface area contributed by atoms with Gasteiger partial charge in [-0.15, -0.1) is 6.58 Å². The second-order valence-corrected chi connectivity index (χ2v) is 5.89. The maximum atomic E-state index is 12.5. The Morgan fingerprint density at radius 1 is 1.33 bits per heavy atom. The molecular formula is C14H23NO3. The fourth-order valence-corrected chi connectivity index (χ4v) is 2.57. The van der Waals surface area contributed by atoms with Crippen molar-refractivity contribution in [2.24, 2.45) is 11.8 Å². The molecule has 0 aromatic heterocycles. The van der Waals surface area contributed by atoms with Crippen LogP contribution in [-0.4, -0.2) is 34.0 Å². The van der Waals surface area contributed by atoms with Gasteiger partial charge in [0.25, 0.3) is 0 Å². The van der Waals surface area contributed by atoms with Crippen LogP contribution in [0.4, 0.5) is 0 Å². The molecule has 0 unspecified atom stereocenters. The zero-order valence-electron chi connectivity index (χ0n) is 11.5. The Morgan fingerprint density at radius 3 is 2.33 bits per heavy atom. The molecule has 0 heterocycles. The van der Waals surface area contributed by atoms with E-state index in [1.807, 2.05) is 20.8 Å². The average molecular weight is 253 g/mol. The maximum absolute atomic E-state index is 12.5. The van der Waals surface area contributed by atoms with Crippen molar-refractivity contribution in [2.45, 2.75) is 45.6 Å². The Hall–Kier alpha value is -1.32. The summed E-state index contributed by atoms with van der Waals surface area (Å²) in [7, 11) is 0. The quantitative estimate of drug-likeness (QED) is 0.782.